The molecule has 0 unspecified atom stereocenters. The van der Waals surface area contributed by atoms with Crippen LogP contribution in [0.15, 0.2) is 24.4 Å². The van der Waals surface area contributed by atoms with E-state index < -0.39 is 5.97 Å². The van der Waals surface area contributed by atoms with E-state index in [1.54, 1.807) is 25.1 Å². The summed E-state index contributed by atoms with van der Waals surface area (Å²) < 4.78 is 1.53. The Kier molecular flexibility index (Phi) is 3.72. The highest BCUT2D eigenvalue weighted by atomic mass is 35.5. The first kappa shape index (κ1) is 15.1. The topological polar surface area (TPSA) is 68.0 Å². The number of halogens is 3. The summed E-state index contributed by atoms with van der Waals surface area (Å²) in [4.78, 5) is 15.3. The highest BCUT2D eigenvalue weighted by Gasteiger charge is 2.19. The van der Waals surface area contributed by atoms with Crippen molar-refractivity contribution in [3.8, 4) is 5.69 Å². The standard InChI is InChI=1S/C14H8Cl3N3O2/c1-6-11-12(17)10(14(21)22)5-18-13(11)20(19-6)9-3-7(15)2-8(16)4-9/h2-5H,1H3,(H,21,22). The van der Waals surface area contributed by atoms with Crippen LogP contribution >= 0.6 is 34.8 Å². The first-order chi connectivity index (χ1) is 10.4. The van der Waals surface area contributed by atoms with Gasteiger partial charge in [-0.3, -0.25) is 0 Å². The summed E-state index contributed by atoms with van der Waals surface area (Å²) in [5.41, 5.74) is 1.54. The van der Waals surface area contributed by atoms with Crippen LogP contribution in [-0.2, 0) is 0 Å². The van der Waals surface area contributed by atoms with E-state index in [4.69, 9.17) is 39.9 Å². The van der Waals surface area contributed by atoms with Crippen molar-refractivity contribution in [2.45, 2.75) is 6.92 Å². The number of fused-ring (bicyclic) bond motifs is 1. The molecule has 0 fully saturated rings. The maximum absolute atomic E-state index is 11.2. The molecule has 0 spiro atoms. The molecule has 0 amide bonds. The number of hydrogen-bond acceptors (Lipinski definition) is 3. The molecule has 1 N–H and O–H groups in total. The third-order valence-corrected chi connectivity index (χ3v) is 3.96. The maximum Gasteiger partial charge on any atom is 0.338 e. The van der Waals surface area contributed by atoms with Crippen LogP contribution in [0.4, 0.5) is 0 Å². The summed E-state index contributed by atoms with van der Waals surface area (Å²) in [6.07, 6.45) is 1.21. The molecule has 0 bridgehead atoms. The van der Waals surface area contributed by atoms with Gasteiger partial charge in [0.05, 0.1) is 27.4 Å². The monoisotopic (exact) mass is 355 g/mol. The highest BCUT2D eigenvalue weighted by molar-refractivity contribution is 6.38. The van der Waals surface area contributed by atoms with E-state index in [1.807, 2.05) is 0 Å². The van der Waals surface area contributed by atoms with Crippen molar-refractivity contribution in [3.63, 3.8) is 0 Å². The molecule has 0 aliphatic carbocycles. The fourth-order valence-corrected chi connectivity index (χ4v) is 3.06. The van der Waals surface area contributed by atoms with Crippen LogP contribution in [-0.4, -0.2) is 25.8 Å². The van der Waals surface area contributed by atoms with Gasteiger partial charge in [0.15, 0.2) is 5.65 Å². The normalized spacial score (nSPS) is 11.1. The summed E-state index contributed by atoms with van der Waals surface area (Å²) >= 11 is 18.2. The third-order valence-electron chi connectivity index (χ3n) is 3.13. The average molecular weight is 357 g/mol. The minimum Gasteiger partial charge on any atom is -0.478 e. The van der Waals surface area contributed by atoms with Crippen LogP contribution < -0.4 is 0 Å². The van der Waals surface area contributed by atoms with Crippen molar-refractivity contribution < 1.29 is 9.90 Å². The number of nitrogens with zero attached hydrogens (tertiary/aromatic N) is 3. The van der Waals surface area contributed by atoms with Crippen LogP contribution in [0, 0.1) is 6.92 Å². The molecule has 22 heavy (non-hydrogen) atoms. The van der Waals surface area contributed by atoms with Crippen molar-refractivity contribution in [3.05, 3.63) is 50.7 Å². The Bertz CT molecular complexity index is 901. The average Bonchev–Trinajstić information content (AvgIpc) is 2.75. The number of aromatic carboxylic acids is 1. The van der Waals surface area contributed by atoms with Gasteiger partial charge in [0.25, 0.3) is 0 Å². The molecule has 3 aromatic rings. The van der Waals surface area contributed by atoms with E-state index in [0.29, 0.717) is 32.5 Å². The molecule has 2 heterocycles. The Balaban J connectivity index is 2.33. The molecular formula is C14H8Cl3N3O2. The second kappa shape index (κ2) is 5.43. The molecule has 8 heteroatoms. The molecule has 0 aliphatic heterocycles. The molecule has 0 radical (unpaired) electrons. The Hall–Kier alpha value is -1.82. The fraction of sp³-hybridized carbons (Fsp3) is 0.0714. The number of carboxylic acids is 1. The van der Waals surface area contributed by atoms with Crippen molar-refractivity contribution in [2.24, 2.45) is 0 Å². The number of carboxylic acid groups (broad SMARTS) is 1. The van der Waals surface area contributed by atoms with Gasteiger partial charge in [-0.25, -0.2) is 14.5 Å². The predicted molar refractivity (Wildman–Crippen MR) is 85.6 cm³/mol. The number of hydrogen-bond donors (Lipinski definition) is 1. The fourth-order valence-electron chi connectivity index (χ4n) is 2.20. The van der Waals surface area contributed by atoms with Crippen LogP contribution in [0.5, 0.6) is 0 Å². The SMILES string of the molecule is Cc1nn(-c2cc(Cl)cc(Cl)c2)c2ncc(C(=O)O)c(Cl)c12. The zero-order valence-corrected chi connectivity index (χ0v) is 13.4. The first-order valence-electron chi connectivity index (χ1n) is 6.12. The van der Waals surface area contributed by atoms with E-state index in [2.05, 4.69) is 10.1 Å². The number of rotatable bonds is 2. The Morgan fingerprint density at radius 2 is 1.82 bits per heavy atom. The molecule has 112 valence electrons. The molecular weight excluding hydrogens is 349 g/mol. The smallest absolute Gasteiger partial charge is 0.338 e. The molecule has 5 nitrogen and oxygen atoms in total. The quantitative estimate of drug-likeness (QED) is 0.739. The van der Waals surface area contributed by atoms with Crippen molar-refractivity contribution in [2.75, 3.05) is 0 Å². The van der Waals surface area contributed by atoms with Crippen LogP contribution in [0.3, 0.4) is 0 Å². The van der Waals surface area contributed by atoms with Crippen molar-refractivity contribution in [1.29, 1.82) is 0 Å². The predicted octanol–water partition coefficient (Wildman–Crippen LogP) is 4.39. The minimum absolute atomic E-state index is 0.0686. The summed E-state index contributed by atoms with van der Waals surface area (Å²) in [6, 6.07) is 4.97. The van der Waals surface area contributed by atoms with Crippen LogP contribution in [0.1, 0.15) is 16.1 Å². The van der Waals surface area contributed by atoms with E-state index in [1.165, 1.54) is 10.9 Å². The number of aromatic nitrogens is 3. The van der Waals surface area contributed by atoms with E-state index in [9.17, 15) is 4.79 Å². The van der Waals surface area contributed by atoms with Crippen molar-refractivity contribution in [1.82, 2.24) is 14.8 Å². The first-order valence-corrected chi connectivity index (χ1v) is 7.25. The van der Waals surface area contributed by atoms with Gasteiger partial charge in [-0.2, -0.15) is 5.10 Å². The van der Waals surface area contributed by atoms with Gasteiger partial charge in [-0.15, -0.1) is 0 Å². The zero-order chi connectivity index (χ0) is 16.0. The number of benzene rings is 1. The van der Waals surface area contributed by atoms with Gasteiger partial charge >= 0.3 is 5.97 Å². The zero-order valence-electron chi connectivity index (χ0n) is 11.1. The van der Waals surface area contributed by atoms with E-state index in [-0.39, 0.29) is 10.6 Å². The minimum atomic E-state index is -1.14. The molecule has 0 saturated heterocycles. The Morgan fingerprint density at radius 3 is 2.41 bits per heavy atom. The van der Waals surface area contributed by atoms with Crippen molar-refractivity contribution >= 4 is 51.8 Å². The summed E-state index contributed by atoms with van der Waals surface area (Å²) in [5.74, 6) is -1.14. The molecule has 2 aromatic heterocycles. The second-order valence-electron chi connectivity index (χ2n) is 4.61. The second-order valence-corrected chi connectivity index (χ2v) is 5.87. The molecule has 0 aliphatic rings. The lowest BCUT2D eigenvalue weighted by atomic mass is 10.2. The van der Waals surface area contributed by atoms with E-state index >= 15 is 0 Å². The van der Waals surface area contributed by atoms with E-state index in [0.717, 1.165) is 0 Å². The lowest BCUT2D eigenvalue weighted by Crippen LogP contribution is -2.01. The third kappa shape index (κ3) is 2.41. The lowest BCUT2D eigenvalue weighted by molar-refractivity contribution is 0.0697. The largest absolute Gasteiger partial charge is 0.478 e. The Morgan fingerprint density at radius 1 is 1.18 bits per heavy atom. The summed E-state index contributed by atoms with van der Waals surface area (Å²) in [7, 11) is 0. The lowest BCUT2D eigenvalue weighted by Gasteiger charge is -2.05. The van der Waals surface area contributed by atoms with Crippen LogP contribution in [0.25, 0.3) is 16.7 Å². The molecule has 0 saturated carbocycles. The number of carbonyl (C=O) groups is 1. The molecule has 3 rings (SSSR count). The van der Waals surface area contributed by atoms with Crippen LogP contribution in [0.2, 0.25) is 15.1 Å². The van der Waals surface area contributed by atoms with Gasteiger partial charge < -0.3 is 5.11 Å². The van der Waals surface area contributed by atoms with Gasteiger partial charge in [-0.05, 0) is 25.1 Å². The van der Waals surface area contributed by atoms with Gasteiger partial charge in [0, 0.05) is 16.2 Å². The highest BCUT2D eigenvalue weighted by Crippen LogP contribution is 2.31. The Labute approximate surface area is 140 Å². The maximum atomic E-state index is 11.2. The number of pyridine rings is 1. The van der Waals surface area contributed by atoms with Gasteiger partial charge in [0.1, 0.15) is 0 Å². The van der Waals surface area contributed by atoms with Gasteiger partial charge in [-0.1, -0.05) is 34.8 Å². The number of aryl methyl sites for hydroxylation is 1. The van der Waals surface area contributed by atoms with Gasteiger partial charge in [0.2, 0.25) is 0 Å². The summed E-state index contributed by atoms with van der Waals surface area (Å²) in [5, 5.41) is 15.0. The molecule has 0 atom stereocenters. The molecule has 1 aromatic carbocycles. The summed E-state index contributed by atoms with van der Waals surface area (Å²) in [6.45, 7) is 1.73.